The molecule has 0 fully saturated rings. The van der Waals surface area contributed by atoms with Gasteiger partial charge in [0.05, 0.1) is 0 Å². The predicted octanol–water partition coefficient (Wildman–Crippen LogP) is 2.31. The van der Waals surface area contributed by atoms with Crippen molar-refractivity contribution in [1.82, 2.24) is 9.97 Å². The van der Waals surface area contributed by atoms with E-state index in [1.165, 1.54) is 18.3 Å². The lowest BCUT2D eigenvalue weighted by Gasteiger charge is -2.09. The Morgan fingerprint density at radius 1 is 1.32 bits per heavy atom. The first-order chi connectivity index (χ1) is 9.17. The molecule has 0 aliphatic heterocycles. The molecular weight excluding hydrogens is 256 g/mol. The minimum Gasteiger partial charge on any atom is -0.435 e. The maximum Gasteiger partial charge on any atom is 0.387 e. The molecule has 0 saturated heterocycles. The Hall–Kier alpha value is -2.28. The normalized spacial score (nSPS) is 10.5. The summed E-state index contributed by atoms with van der Waals surface area (Å²) in [6.45, 7) is -3.14. The van der Waals surface area contributed by atoms with Crippen molar-refractivity contribution in [2.24, 2.45) is 0 Å². The maximum absolute atomic E-state index is 12.1. The van der Waals surface area contributed by atoms with Crippen LogP contribution >= 0.6 is 0 Å². The number of rotatable bonds is 5. The number of alkyl halides is 2. The number of aliphatic hydroxyl groups is 1. The van der Waals surface area contributed by atoms with Gasteiger partial charge in [0.25, 0.3) is 0 Å². The van der Waals surface area contributed by atoms with Crippen LogP contribution in [0.5, 0.6) is 5.75 Å². The second-order valence-electron chi connectivity index (χ2n) is 3.55. The SMILES string of the molecule is OCc1nccc(Nc2cccc(OC(F)F)c2)n1. The van der Waals surface area contributed by atoms with Crippen LogP contribution in [0.3, 0.4) is 0 Å². The largest absolute Gasteiger partial charge is 0.435 e. The molecule has 1 aromatic heterocycles. The zero-order valence-electron chi connectivity index (χ0n) is 9.75. The summed E-state index contributed by atoms with van der Waals surface area (Å²) in [5.74, 6) is 0.773. The number of nitrogens with one attached hydrogen (secondary N) is 1. The Labute approximate surface area is 107 Å². The number of hydrogen-bond donors (Lipinski definition) is 2. The van der Waals surface area contributed by atoms with Gasteiger partial charge in [-0.15, -0.1) is 0 Å². The average Bonchev–Trinajstić information content (AvgIpc) is 2.38. The third-order valence-corrected chi connectivity index (χ3v) is 2.18. The van der Waals surface area contributed by atoms with Gasteiger partial charge >= 0.3 is 6.61 Å². The summed E-state index contributed by atoms with van der Waals surface area (Å²) in [5, 5.41) is 11.8. The molecule has 2 N–H and O–H groups in total. The molecule has 0 bridgehead atoms. The van der Waals surface area contributed by atoms with E-state index in [9.17, 15) is 8.78 Å². The van der Waals surface area contributed by atoms with Crippen molar-refractivity contribution in [2.45, 2.75) is 13.2 Å². The van der Waals surface area contributed by atoms with Gasteiger partial charge in [0, 0.05) is 18.0 Å². The molecule has 2 rings (SSSR count). The molecule has 7 heteroatoms. The third kappa shape index (κ3) is 3.85. The fourth-order valence-corrected chi connectivity index (χ4v) is 1.44. The molecule has 0 unspecified atom stereocenters. The zero-order chi connectivity index (χ0) is 13.7. The Morgan fingerprint density at radius 3 is 2.89 bits per heavy atom. The molecule has 0 aliphatic carbocycles. The lowest BCUT2D eigenvalue weighted by molar-refractivity contribution is -0.0497. The molecular formula is C12H11F2N3O2. The molecule has 1 aromatic carbocycles. The van der Waals surface area contributed by atoms with E-state index in [4.69, 9.17) is 5.11 Å². The first kappa shape index (κ1) is 13.2. The van der Waals surface area contributed by atoms with Crippen LogP contribution < -0.4 is 10.1 Å². The van der Waals surface area contributed by atoms with Gasteiger partial charge in [0.15, 0.2) is 5.82 Å². The third-order valence-electron chi connectivity index (χ3n) is 2.18. The summed E-state index contributed by atoms with van der Waals surface area (Å²) in [5.41, 5.74) is 0.542. The second-order valence-corrected chi connectivity index (χ2v) is 3.55. The minimum atomic E-state index is -2.87. The average molecular weight is 267 g/mol. The van der Waals surface area contributed by atoms with Crippen LogP contribution in [0, 0.1) is 0 Å². The Kier molecular flexibility index (Phi) is 4.19. The van der Waals surface area contributed by atoms with E-state index in [1.807, 2.05) is 0 Å². The van der Waals surface area contributed by atoms with Gasteiger partial charge in [-0.3, -0.25) is 0 Å². The molecule has 1 heterocycles. The van der Waals surface area contributed by atoms with E-state index in [-0.39, 0.29) is 18.2 Å². The van der Waals surface area contributed by atoms with Crippen LogP contribution in [0.15, 0.2) is 36.5 Å². The van der Waals surface area contributed by atoms with Crippen LogP contribution in [0.4, 0.5) is 20.3 Å². The quantitative estimate of drug-likeness (QED) is 0.870. The summed E-state index contributed by atoms with van der Waals surface area (Å²) in [6, 6.07) is 7.70. The van der Waals surface area contributed by atoms with E-state index >= 15 is 0 Å². The van der Waals surface area contributed by atoms with E-state index in [1.54, 1.807) is 18.2 Å². The van der Waals surface area contributed by atoms with Crippen molar-refractivity contribution in [2.75, 3.05) is 5.32 Å². The molecule has 0 atom stereocenters. The Morgan fingerprint density at radius 2 is 2.16 bits per heavy atom. The molecule has 0 saturated carbocycles. The lowest BCUT2D eigenvalue weighted by atomic mass is 10.3. The predicted molar refractivity (Wildman–Crippen MR) is 64.3 cm³/mol. The minimum absolute atomic E-state index is 0.0523. The highest BCUT2D eigenvalue weighted by atomic mass is 19.3. The number of aliphatic hydroxyl groups excluding tert-OH is 1. The van der Waals surface area contributed by atoms with Crippen molar-refractivity contribution in [3.8, 4) is 5.75 Å². The van der Waals surface area contributed by atoms with E-state index < -0.39 is 6.61 Å². The maximum atomic E-state index is 12.1. The zero-order valence-corrected chi connectivity index (χ0v) is 9.75. The molecule has 0 aliphatic rings. The summed E-state index contributed by atoms with van der Waals surface area (Å²) < 4.78 is 28.5. The Bertz CT molecular complexity index is 552. The number of hydrogen-bond acceptors (Lipinski definition) is 5. The summed E-state index contributed by atoms with van der Waals surface area (Å²) in [7, 11) is 0. The number of anilines is 2. The fraction of sp³-hybridized carbons (Fsp3) is 0.167. The highest BCUT2D eigenvalue weighted by Gasteiger charge is 2.05. The van der Waals surface area contributed by atoms with E-state index in [2.05, 4.69) is 20.0 Å². The molecule has 100 valence electrons. The van der Waals surface area contributed by atoms with Crippen LogP contribution in [0.25, 0.3) is 0 Å². The first-order valence-electron chi connectivity index (χ1n) is 5.42. The lowest BCUT2D eigenvalue weighted by Crippen LogP contribution is -2.03. The highest BCUT2D eigenvalue weighted by Crippen LogP contribution is 2.21. The molecule has 2 aromatic rings. The van der Waals surface area contributed by atoms with E-state index in [0.717, 1.165) is 0 Å². The van der Waals surface area contributed by atoms with Crippen LogP contribution in [0.2, 0.25) is 0 Å². The number of halogens is 2. The molecule has 19 heavy (non-hydrogen) atoms. The van der Waals surface area contributed by atoms with Crippen molar-refractivity contribution < 1.29 is 18.6 Å². The monoisotopic (exact) mass is 267 g/mol. The topological polar surface area (TPSA) is 67.3 Å². The number of aromatic nitrogens is 2. The molecule has 0 radical (unpaired) electrons. The summed E-state index contributed by atoms with van der Waals surface area (Å²) >= 11 is 0. The molecule has 0 amide bonds. The van der Waals surface area contributed by atoms with Gasteiger partial charge in [-0.05, 0) is 18.2 Å². The van der Waals surface area contributed by atoms with Gasteiger partial charge in [-0.2, -0.15) is 8.78 Å². The van der Waals surface area contributed by atoms with Crippen LogP contribution in [0.1, 0.15) is 5.82 Å². The van der Waals surface area contributed by atoms with Crippen LogP contribution in [-0.2, 0) is 6.61 Å². The standard InChI is InChI=1S/C12H11F2N3O2/c13-12(14)19-9-3-1-2-8(6-9)16-10-4-5-15-11(7-18)17-10/h1-6,12,18H,7H2,(H,15,16,17). The highest BCUT2D eigenvalue weighted by molar-refractivity contribution is 5.57. The van der Waals surface area contributed by atoms with Gasteiger partial charge in [0.2, 0.25) is 0 Å². The molecule has 5 nitrogen and oxygen atoms in total. The van der Waals surface area contributed by atoms with Crippen molar-refractivity contribution in [3.63, 3.8) is 0 Å². The summed E-state index contributed by atoms with van der Waals surface area (Å²) in [4.78, 5) is 7.85. The number of benzene rings is 1. The van der Waals surface area contributed by atoms with Gasteiger partial charge < -0.3 is 15.2 Å². The second kappa shape index (κ2) is 6.05. The van der Waals surface area contributed by atoms with Crippen LogP contribution in [-0.4, -0.2) is 21.7 Å². The van der Waals surface area contributed by atoms with E-state index in [0.29, 0.717) is 11.5 Å². The fourth-order valence-electron chi connectivity index (χ4n) is 1.44. The van der Waals surface area contributed by atoms with Gasteiger partial charge in [-0.25, -0.2) is 9.97 Å². The van der Waals surface area contributed by atoms with Crippen molar-refractivity contribution in [3.05, 3.63) is 42.4 Å². The van der Waals surface area contributed by atoms with Crippen molar-refractivity contribution >= 4 is 11.5 Å². The number of nitrogens with zero attached hydrogens (tertiary/aromatic N) is 2. The smallest absolute Gasteiger partial charge is 0.387 e. The van der Waals surface area contributed by atoms with Crippen molar-refractivity contribution in [1.29, 1.82) is 0 Å². The Balaban J connectivity index is 2.13. The van der Waals surface area contributed by atoms with Gasteiger partial charge in [-0.1, -0.05) is 6.07 Å². The molecule has 0 spiro atoms. The first-order valence-corrected chi connectivity index (χ1v) is 5.42. The van der Waals surface area contributed by atoms with Gasteiger partial charge in [0.1, 0.15) is 18.2 Å². The summed E-state index contributed by atoms with van der Waals surface area (Å²) in [6.07, 6.45) is 1.49. The number of ether oxygens (including phenoxy) is 1.